The molecule has 1 atom stereocenters. The van der Waals surface area contributed by atoms with Gasteiger partial charge < -0.3 is 5.32 Å². The molecule has 0 saturated carbocycles. The Balaban J connectivity index is 1.72. The van der Waals surface area contributed by atoms with E-state index >= 15 is 0 Å². The lowest BCUT2D eigenvalue weighted by molar-refractivity contribution is 0.102. The Morgan fingerprint density at radius 1 is 1.27 bits per heavy atom. The van der Waals surface area contributed by atoms with Gasteiger partial charge in [-0.25, -0.2) is 0 Å². The minimum absolute atomic E-state index is 0.170. The Labute approximate surface area is 164 Å². The van der Waals surface area contributed by atoms with Crippen molar-refractivity contribution in [2.24, 2.45) is 5.92 Å². The summed E-state index contributed by atoms with van der Waals surface area (Å²) in [5, 5.41) is 15.2. The van der Waals surface area contributed by atoms with Crippen molar-refractivity contribution in [3.63, 3.8) is 0 Å². The molecule has 0 fully saturated rings. The van der Waals surface area contributed by atoms with Crippen molar-refractivity contribution >= 4 is 48.9 Å². The lowest BCUT2D eigenvalue weighted by Crippen LogP contribution is -2.12. The van der Waals surface area contributed by atoms with Crippen LogP contribution in [0.4, 0.5) is 5.00 Å². The number of carbonyl (C=O) groups excluding carboxylic acids is 1. The second-order valence-corrected chi connectivity index (χ2v) is 8.72. The van der Waals surface area contributed by atoms with Gasteiger partial charge in [0.1, 0.15) is 11.1 Å². The molecule has 2 aromatic carbocycles. The number of thiophene rings is 1. The van der Waals surface area contributed by atoms with Crippen LogP contribution in [-0.4, -0.2) is 5.91 Å². The summed E-state index contributed by atoms with van der Waals surface area (Å²) in [6.45, 7) is 2.24. The number of benzene rings is 2. The Hall–Kier alpha value is -2.16. The number of anilines is 1. The van der Waals surface area contributed by atoms with E-state index in [9.17, 15) is 10.1 Å². The molecule has 0 spiro atoms. The molecule has 0 radical (unpaired) electrons. The fraction of sp³-hybridized carbons (Fsp3) is 0.238. The van der Waals surface area contributed by atoms with Gasteiger partial charge in [-0.15, -0.1) is 11.3 Å². The van der Waals surface area contributed by atoms with Crippen LogP contribution in [0.1, 0.15) is 39.7 Å². The third-order valence-corrected chi connectivity index (χ3v) is 6.83. The molecule has 0 bridgehead atoms. The van der Waals surface area contributed by atoms with Gasteiger partial charge in [0.2, 0.25) is 0 Å². The van der Waals surface area contributed by atoms with Crippen LogP contribution >= 0.6 is 27.3 Å². The molecular weight excluding hydrogens is 408 g/mol. The van der Waals surface area contributed by atoms with Crippen LogP contribution in [0, 0.1) is 17.2 Å². The SMILES string of the molecule is C[C@H]1CCc2c(sc(NC(=O)c3cccc4c(Br)cccc34)c2C#N)C1. The highest BCUT2D eigenvalue weighted by atomic mass is 79.9. The number of nitriles is 1. The molecule has 3 aromatic rings. The molecule has 130 valence electrons. The van der Waals surface area contributed by atoms with E-state index in [-0.39, 0.29) is 5.91 Å². The summed E-state index contributed by atoms with van der Waals surface area (Å²) in [5.74, 6) is 0.462. The number of amides is 1. The van der Waals surface area contributed by atoms with E-state index in [1.807, 2.05) is 36.4 Å². The molecule has 5 heteroatoms. The maximum Gasteiger partial charge on any atom is 0.256 e. The van der Waals surface area contributed by atoms with Gasteiger partial charge in [-0.2, -0.15) is 5.26 Å². The fourth-order valence-electron chi connectivity index (χ4n) is 3.60. The molecule has 3 nitrogen and oxygen atoms in total. The maximum atomic E-state index is 13.0. The van der Waals surface area contributed by atoms with E-state index in [2.05, 4.69) is 34.2 Å². The first-order valence-electron chi connectivity index (χ1n) is 8.61. The van der Waals surface area contributed by atoms with E-state index in [1.165, 1.54) is 4.88 Å². The molecule has 1 heterocycles. The van der Waals surface area contributed by atoms with Crippen LogP contribution in [0.5, 0.6) is 0 Å². The monoisotopic (exact) mass is 424 g/mol. The molecule has 1 aliphatic rings. The largest absolute Gasteiger partial charge is 0.312 e. The van der Waals surface area contributed by atoms with E-state index in [0.717, 1.165) is 40.1 Å². The van der Waals surface area contributed by atoms with Gasteiger partial charge >= 0.3 is 0 Å². The molecule has 0 saturated heterocycles. The quantitative estimate of drug-likeness (QED) is 0.555. The van der Waals surface area contributed by atoms with Gasteiger partial charge in [0, 0.05) is 14.9 Å². The zero-order chi connectivity index (χ0) is 18.3. The lowest BCUT2D eigenvalue weighted by atomic mass is 9.88. The van der Waals surface area contributed by atoms with Crippen molar-refractivity contribution in [2.45, 2.75) is 26.2 Å². The molecule has 0 aliphatic heterocycles. The average Bonchev–Trinajstić information content (AvgIpc) is 2.97. The second-order valence-electron chi connectivity index (χ2n) is 6.76. The van der Waals surface area contributed by atoms with Crippen LogP contribution < -0.4 is 5.32 Å². The zero-order valence-electron chi connectivity index (χ0n) is 14.3. The Kier molecular flexibility index (Phi) is 4.56. The molecule has 0 unspecified atom stereocenters. The van der Waals surface area contributed by atoms with Gasteiger partial charge in [0.05, 0.1) is 5.56 Å². The third-order valence-electron chi connectivity index (χ3n) is 4.96. The highest BCUT2D eigenvalue weighted by molar-refractivity contribution is 9.10. The van der Waals surface area contributed by atoms with Crippen LogP contribution in [0.3, 0.4) is 0 Å². The Bertz CT molecular complexity index is 1060. The zero-order valence-corrected chi connectivity index (χ0v) is 16.7. The minimum Gasteiger partial charge on any atom is -0.312 e. The van der Waals surface area contributed by atoms with Crippen molar-refractivity contribution in [2.75, 3.05) is 5.32 Å². The van der Waals surface area contributed by atoms with E-state index in [4.69, 9.17) is 0 Å². The molecular formula is C21H17BrN2OS. The Morgan fingerprint density at radius 2 is 2.04 bits per heavy atom. The van der Waals surface area contributed by atoms with Gasteiger partial charge in [-0.05, 0) is 53.6 Å². The summed E-state index contributed by atoms with van der Waals surface area (Å²) in [6.07, 6.45) is 3.02. The van der Waals surface area contributed by atoms with Crippen molar-refractivity contribution in [1.82, 2.24) is 0 Å². The van der Waals surface area contributed by atoms with E-state index in [0.29, 0.717) is 22.0 Å². The van der Waals surface area contributed by atoms with Crippen molar-refractivity contribution in [3.8, 4) is 6.07 Å². The standard InChI is InChI=1S/C21H17BrN2OS/c1-12-8-9-15-17(11-23)21(26-19(15)10-12)24-20(25)16-6-2-5-14-13(16)4-3-7-18(14)22/h2-7,12H,8-10H2,1H3,(H,24,25)/t12-/m0/s1. The number of carbonyl (C=O) groups is 1. The van der Waals surface area contributed by atoms with E-state index in [1.54, 1.807) is 11.3 Å². The molecule has 1 N–H and O–H groups in total. The number of fused-ring (bicyclic) bond motifs is 2. The number of halogens is 1. The predicted octanol–water partition coefficient (Wildman–Crippen LogP) is 5.91. The number of rotatable bonds is 2. The predicted molar refractivity (Wildman–Crippen MR) is 110 cm³/mol. The van der Waals surface area contributed by atoms with Crippen LogP contribution in [0.25, 0.3) is 10.8 Å². The number of hydrogen-bond acceptors (Lipinski definition) is 3. The topological polar surface area (TPSA) is 52.9 Å². The average molecular weight is 425 g/mol. The smallest absolute Gasteiger partial charge is 0.256 e. The summed E-state index contributed by atoms with van der Waals surface area (Å²) in [4.78, 5) is 14.2. The number of nitrogens with zero attached hydrogens (tertiary/aromatic N) is 1. The van der Waals surface area contributed by atoms with Crippen LogP contribution in [0.15, 0.2) is 40.9 Å². The number of nitrogens with one attached hydrogen (secondary N) is 1. The molecule has 4 rings (SSSR count). The van der Waals surface area contributed by atoms with Crippen molar-refractivity contribution < 1.29 is 4.79 Å². The normalized spacial score (nSPS) is 16.1. The third kappa shape index (κ3) is 2.94. The van der Waals surface area contributed by atoms with Crippen molar-refractivity contribution in [1.29, 1.82) is 5.26 Å². The summed E-state index contributed by atoms with van der Waals surface area (Å²) in [5.41, 5.74) is 2.39. The highest BCUT2D eigenvalue weighted by Crippen LogP contribution is 2.39. The van der Waals surface area contributed by atoms with Gasteiger partial charge in [-0.3, -0.25) is 4.79 Å². The summed E-state index contributed by atoms with van der Waals surface area (Å²) in [6, 6.07) is 13.8. The van der Waals surface area contributed by atoms with Gasteiger partial charge in [-0.1, -0.05) is 47.1 Å². The highest BCUT2D eigenvalue weighted by Gasteiger charge is 2.25. The molecule has 1 amide bonds. The molecule has 1 aliphatic carbocycles. The van der Waals surface area contributed by atoms with Crippen LogP contribution in [-0.2, 0) is 12.8 Å². The first-order chi connectivity index (χ1) is 12.6. The minimum atomic E-state index is -0.170. The second kappa shape index (κ2) is 6.86. The van der Waals surface area contributed by atoms with Crippen LogP contribution in [0.2, 0.25) is 0 Å². The maximum absolute atomic E-state index is 13.0. The van der Waals surface area contributed by atoms with Gasteiger partial charge in [0.15, 0.2) is 0 Å². The van der Waals surface area contributed by atoms with Crippen molar-refractivity contribution in [3.05, 3.63) is 62.4 Å². The molecule has 26 heavy (non-hydrogen) atoms. The van der Waals surface area contributed by atoms with E-state index < -0.39 is 0 Å². The fourth-order valence-corrected chi connectivity index (χ4v) is 5.45. The Morgan fingerprint density at radius 3 is 2.85 bits per heavy atom. The molecule has 1 aromatic heterocycles. The summed E-state index contributed by atoms with van der Waals surface area (Å²) < 4.78 is 0.961. The summed E-state index contributed by atoms with van der Waals surface area (Å²) >= 11 is 5.10. The first kappa shape index (κ1) is 17.3. The lowest BCUT2D eigenvalue weighted by Gasteiger charge is -2.17. The summed E-state index contributed by atoms with van der Waals surface area (Å²) in [7, 11) is 0. The first-order valence-corrected chi connectivity index (χ1v) is 10.2. The van der Waals surface area contributed by atoms with Gasteiger partial charge in [0.25, 0.3) is 5.91 Å². The number of hydrogen-bond donors (Lipinski definition) is 1.